The van der Waals surface area contributed by atoms with Crippen LogP contribution in [0.25, 0.3) is 22.4 Å². The van der Waals surface area contributed by atoms with Gasteiger partial charge in [0.2, 0.25) is 0 Å². The Kier molecular flexibility index (Phi) is 3.66. The molecule has 0 bridgehead atoms. The fraction of sp³-hybridized carbons (Fsp3) is 0.0556. The second-order valence-corrected chi connectivity index (χ2v) is 5.64. The summed E-state index contributed by atoms with van der Waals surface area (Å²) in [5.41, 5.74) is 5.89. The van der Waals surface area contributed by atoms with Gasteiger partial charge in [0.15, 0.2) is 0 Å². The van der Waals surface area contributed by atoms with Crippen LogP contribution in [0.1, 0.15) is 5.56 Å². The van der Waals surface area contributed by atoms with E-state index < -0.39 is 0 Å². The van der Waals surface area contributed by atoms with Gasteiger partial charge in [-0.1, -0.05) is 52.3 Å². The molecular formula is C18H14BrN. The molecule has 98 valence electrons. The molecule has 0 saturated heterocycles. The van der Waals surface area contributed by atoms with Gasteiger partial charge in [-0.3, -0.25) is 4.98 Å². The molecule has 1 nitrogen and oxygen atoms in total. The summed E-state index contributed by atoms with van der Waals surface area (Å²) in [4.78, 5) is 4.50. The van der Waals surface area contributed by atoms with E-state index in [9.17, 15) is 0 Å². The number of nitrogens with zero attached hydrogens (tertiary/aromatic N) is 1. The fourth-order valence-electron chi connectivity index (χ4n) is 2.39. The average molecular weight is 324 g/mol. The first-order valence-electron chi connectivity index (χ1n) is 6.52. The van der Waals surface area contributed by atoms with Crippen molar-refractivity contribution in [3.8, 4) is 22.4 Å². The maximum Gasteiger partial charge on any atom is 0.0710 e. The second kappa shape index (κ2) is 5.59. The van der Waals surface area contributed by atoms with Crippen molar-refractivity contribution >= 4 is 15.9 Å². The van der Waals surface area contributed by atoms with Gasteiger partial charge in [0.05, 0.1) is 5.69 Å². The van der Waals surface area contributed by atoms with E-state index in [1.54, 1.807) is 0 Å². The summed E-state index contributed by atoms with van der Waals surface area (Å²) in [6, 6.07) is 20.8. The molecule has 0 aliphatic heterocycles. The largest absolute Gasteiger partial charge is 0.256 e. The van der Waals surface area contributed by atoms with E-state index in [4.69, 9.17) is 0 Å². The molecule has 0 unspecified atom stereocenters. The smallest absolute Gasteiger partial charge is 0.0710 e. The predicted octanol–water partition coefficient (Wildman–Crippen LogP) is 5.49. The number of hydrogen-bond acceptors (Lipinski definition) is 1. The fourth-order valence-corrected chi connectivity index (χ4v) is 2.65. The van der Waals surface area contributed by atoms with Crippen LogP contribution in [0.2, 0.25) is 0 Å². The lowest BCUT2D eigenvalue weighted by atomic mass is 9.93. The van der Waals surface area contributed by atoms with Gasteiger partial charge >= 0.3 is 0 Å². The van der Waals surface area contributed by atoms with Crippen molar-refractivity contribution in [2.75, 3.05) is 0 Å². The van der Waals surface area contributed by atoms with Gasteiger partial charge in [-0.15, -0.1) is 0 Å². The Morgan fingerprint density at radius 3 is 2.35 bits per heavy atom. The third-order valence-corrected chi connectivity index (χ3v) is 3.88. The van der Waals surface area contributed by atoms with Gasteiger partial charge < -0.3 is 0 Å². The van der Waals surface area contributed by atoms with Gasteiger partial charge in [-0.25, -0.2) is 0 Å². The molecule has 3 rings (SSSR count). The molecule has 0 aliphatic rings. The lowest BCUT2D eigenvalue weighted by molar-refractivity contribution is 1.31. The molecule has 2 aromatic carbocycles. The van der Waals surface area contributed by atoms with Gasteiger partial charge in [0.25, 0.3) is 0 Å². The number of hydrogen-bond donors (Lipinski definition) is 0. The molecule has 1 heterocycles. The molecule has 0 radical (unpaired) electrons. The molecule has 0 N–H and O–H groups in total. The first-order valence-corrected chi connectivity index (χ1v) is 7.32. The second-order valence-electron chi connectivity index (χ2n) is 4.72. The highest BCUT2D eigenvalue weighted by molar-refractivity contribution is 9.10. The summed E-state index contributed by atoms with van der Waals surface area (Å²) in [5.74, 6) is 0. The Bertz CT molecular complexity index is 718. The van der Waals surface area contributed by atoms with Crippen molar-refractivity contribution in [1.29, 1.82) is 0 Å². The molecule has 0 spiro atoms. The molecule has 1 aromatic heterocycles. The summed E-state index contributed by atoms with van der Waals surface area (Å²) in [6.07, 6.45) is 1.84. The summed E-state index contributed by atoms with van der Waals surface area (Å²) >= 11 is 3.48. The van der Waals surface area contributed by atoms with Gasteiger partial charge in [0, 0.05) is 16.2 Å². The highest BCUT2D eigenvalue weighted by atomic mass is 79.9. The third kappa shape index (κ3) is 2.52. The van der Waals surface area contributed by atoms with Crippen molar-refractivity contribution in [3.63, 3.8) is 0 Å². The van der Waals surface area contributed by atoms with Crippen molar-refractivity contribution in [1.82, 2.24) is 4.98 Å². The van der Waals surface area contributed by atoms with Crippen molar-refractivity contribution < 1.29 is 0 Å². The number of aromatic nitrogens is 1. The molecule has 0 amide bonds. The molecular weight excluding hydrogens is 310 g/mol. The standard InChI is InChI=1S/C18H14BrN/c1-13-5-4-6-16(14-8-10-15(19)11-9-14)18(13)17-7-2-3-12-20-17/h2-12H,1H3. The Morgan fingerprint density at radius 2 is 1.65 bits per heavy atom. The summed E-state index contributed by atoms with van der Waals surface area (Å²) in [5, 5.41) is 0. The van der Waals surface area contributed by atoms with Crippen LogP contribution < -0.4 is 0 Å². The van der Waals surface area contributed by atoms with E-state index in [1.807, 2.05) is 18.3 Å². The van der Waals surface area contributed by atoms with Crippen molar-refractivity contribution in [2.45, 2.75) is 6.92 Å². The monoisotopic (exact) mass is 323 g/mol. The van der Waals surface area contributed by atoms with E-state index in [0.717, 1.165) is 10.2 Å². The van der Waals surface area contributed by atoms with Crippen LogP contribution >= 0.6 is 15.9 Å². The van der Waals surface area contributed by atoms with Gasteiger partial charge in [-0.2, -0.15) is 0 Å². The summed E-state index contributed by atoms with van der Waals surface area (Å²) in [7, 11) is 0. The maximum absolute atomic E-state index is 4.50. The molecule has 20 heavy (non-hydrogen) atoms. The quantitative estimate of drug-likeness (QED) is 0.608. The molecule has 0 aliphatic carbocycles. The first kappa shape index (κ1) is 13.1. The third-order valence-electron chi connectivity index (χ3n) is 3.35. The number of aryl methyl sites for hydroxylation is 1. The Hall–Kier alpha value is -1.93. The summed E-state index contributed by atoms with van der Waals surface area (Å²) in [6.45, 7) is 2.13. The van der Waals surface area contributed by atoms with Crippen LogP contribution in [0.3, 0.4) is 0 Å². The van der Waals surface area contributed by atoms with Crippen LogP contribution in [0, 0.1) is 6.92 Å². The van der Waals surface area contributed by atoms with E-state index in [1.165, 1.54) is 22.3 Å². The number of benzene rings is 2. The minimum atomic E-state index is 1.02. The zero-order chi connectivity index (χ0) is 13.9. The van der Waals surface area contributed by atoms with Crippen LogP contribution in [0.5, 0.6) is 0 Å². The van der Waals surface area contributed by atoms with Crippen LogP contribution in [-0.4, -0.2) is 4.98 Å². The predicted molar refractivity (Wildman–Crippen MR) is 87.5 cm³/mol. The highest BCUT2D eigenvalue weighted by Crippen LogP contribution is 2.33. The highest BCUT2D eigenvalue weighted by Gasteiger charge is 2.10. The number of halogens is 1. The minimum Gasteiger partial charge on any atom is -0.256 e. The van der Waals surface area contributed by atoms with E-state index >= 15 is 0 Å². The molecule has 0 saturated carbocycles. The zero-order valence-corrected chi connectivity index (χ0v) is 12.8. The first-order chi connectivity index (χ1) is 9.75. The van der Waals surface area contributed by atoms with E-state index in [-0.39, 0.29) is 0 Å². The molecule has 2 heteroatoms. The van der Waals surface area contributed by atoms with Crippen LogP contribution in [-0.2, 0) is 0 Å². The molecule has 0 atom stereocenters. The molecule has 3 aromatic rings. The van der Waals surface area contributed by atoms with Crippen LogP contribution in [0.4, 0.5) is 0 Å². The average Bonchev–Trinajstić information content (AvgIpc) is 2.49. The Labute approximate surface area is 127 Å². The number of rotatable bonds is 2. The van der Waals surface area contributed by atoms with Gasteiger partial charge in [-0.05, 0) is 47.9 Å². The topological polar surface area (TPSA) is 12.9 Å². The van der Waals surface area contributed by atoms with E-state index in [0.29, 0.717) is 0 Å². The lowest BCUT2D eigenvalue weighted by Crippen LogP contribution is -1.91. The van der Waals surface area contributed by atoms with Gasteiger partial charge in [0.1, 0.15) is 0 Å². The van der Waals surface area contributed by atoms with Crippen LogP contribution in [0.15, 0.2) is 71.3 Å². The Morgan fingerprint density at radius 1 is 0.850 bits per heavy atom. The Balaban J connectivity index is 2.22. The number of pyridine rings is 1. The summed E-state index contributed by atoms with van der Waals surface area (Å²) < 4.78 is 1.09. The van der Waals surface area contributed by atoms with Crippen molar-refractivity contribution in [3.05, 3.63) is 76.9 Å². The normalized spacial score (nSPS) is 10.5. The molecule has 0 fully saturated rings. The van der Waals surface area contributed by atoms with E-state index in [2.05, 4.69) is 76.4 Å². The van der Waals surface area contributed by atoms with Crippen molar-refractivity contribution in [2.24, 2.45) is 0 Å². The maximum atomic E-state index is 4.50. The minimum absolute atomic E-state index is 1.02. The SMILES string of the molecule is Cc1cccc(-c2ccc(Br)cc2)c1-c1ccccn1. The lowest BCUT2D eigenvalue weighted by Gasteiger charge is -2.12. The zero-order valence-electron chi connectivity index (χ0n) is 11.2.